The lowest BCUT2D eigenvalue weighted by atomic mass is 10.1. The molecular formula is C14H15FN2O3. The molecule has 5 nitrogen and oxygen atoms in total. The van der Waals surface area contributed by atoms with Crippen LogP contribution in [0.15, 0.2) is 29.1 Å². The molecular weight excluding hydrogens is 263 g/mol. The molecule has 0 saturated carbocycles. The van der Waals surface area contributed by atoms with Gasteiger partial charge >= 0.3 is 0 Å². The quantitative estimate of drug-likeness (QED) is 0.902. The minimum Gasteiger partial charge on any atom is -0.493 e. The number of hydrogen-bond acceptors (Lipinski definition) is 4. The Morgan fingerprint density at radius 2 is 2.00 bits per heavy atom. The summed E-state index contributed by atoms with van der Waals surface area (Å²) in [7, 11) is 1.46. The number of nitrogens with zero attached hydrogens (tertiary/aromatic N) is 1. The van der Waals surface area contributed by atoms with Crippen LogP contribution >= 0.6 is 0 Å². The van der Waals surface area contributed by atoms with Gasteiger partial charge < -0.3 is 14.8 Å². The second-order valence-electron chi connectivity index (χ2n) is 4.81. The summed E-state index contributed by atoms with van der Waals surface area (Å²) in [6.07, 6.45) is 0. The second kappa shape index (κ2) is 5.05. The first-order valence-electron chi connectivity index (χ1n) is 6.00. The Morgan fingerprint density at radius 3 is 2.55 bits per heavy atom. The third-order valence-electron chi connectivity index (χ3n) is 3.12. The summed E-state index contributed by atoms with van der Waals surface area (Å²) in [5.41, 5.74) is -1.69. The summed E-state index contributed by atoms with van der Waals surface area (Å²) in [5, 5.41) is 9.96. The highest BCUT2D eigenvalue weighted by Crippen LogP contribution is 2.28. The van der Waals surface area contributed by atoms with Gasteiger partial charge in [0.15, 0.2) is 0 Å². The first kappa shape index (κ1) is 14.2. The highest BCUT2D eigenvalue weighted by molar-refractivity contribution is 5.67. The lowest BCUT2D eigenvalue weighted by Crippen LogP contribution is -2.27. The van der Waals surface area contributed by atoms with E-state index in [0.717, 1.165) is 0 Å². The molecule has 0 amide bonds. The van der Waals surface area contributed by atoms with Crippen LogP contribution in [-0.2, 0) is 10.3 Å². The van der Waals surface area contributed by atoms with Crippen molar-refractivity contribution in [1.29, 1.82) is 0 Å². The van der Waals surface area contributed by atoms with Gasteiger partial charge in [-0.3, -0.25) is 4.79 Å². The Bertz CT molecular complexity index is 695. The van der Waals surface area contributed by atoms with E-state index in [1.54, 1.807) is 19.9 Å². The zero-order valence-corrected chi connectivity index (χ0v) is 11.4. The molecule has 0 fully saturated rings. The first-order chi connectivity index (χ1) is 9.36. The van der Waals surface area contributed by atoms with Crippen LogP contribution in [0.4, 0.5) is 4.39 Å². The first-order valence-corrected chi connectivity index (χ1v) is 6.00. The van der Waals surface area contributed by atoms with Crippen molar-refractivity contribution < 1.29 is 14.2 Å². The number of H-pyrrole nitrogens is 1. The summed E-state index contributed by atoms with van der Waals surface area (Å²) in [6.45, 7) is 3.38. The highest BCUT2D eigenvalue weighted by Gasteiger charge is 2.26. The van der Waals surface area contributed by atoms with Crippen molar-refractivity contribution in [2.45, 2.75) is 19.4 Å². The number of rotatable bonds is 3. The van der Waals surface area contributed by atoms with Crippen LogP contribution in [0.2, 0.25) is 0 Å². The maximum absolute atomic E-state index is 13.7. The van der Waals surface area contributed by atoms with Gasteiger partial charge in [0.25, 0.3) is 5.56 Å². The van der Waals surface area contributed by atoms with Crippen molar-refractivity contribution in [2.24, 2.45) is 0 Å². The van der Waals surface area contributed by atoms with E-state index in [-0.39, 0.29) is 17.0 Å². The largest absolute Gasteiger partial charge is 0.493 e. The summed E-state index contributed by atoms with van der Waals surface area (Å²) in [4.78, 5) is 18.5. The fraction of sp³-hybridized carbons (Fsp3) is 0.286. The highest BCUT2D eigenvalue weighted by atomic mass is 19.1. The summed E-state index contributed by atoms with van der Waals surface area (Å²) in [6, 6.07) is 5.69. The maximum atomic E-state index is 13.7. The Balaban J connectivity index is 2.65. The molecule has 0 atom stereocenters. The van der Waals surface area contributed by atoms with Gasteiger partial charge in [0.05, 0.1) is 0 Å². The lowest BCUT2D eigenvalue weighted by molar-refractivity contribution is 0.0108. The van der Waals surface area contributed by atoms with E-state index in [1.165, 1.54) is 25.3 Å². The number of ether oxygens (including phenoxy) is 1. The number of aromatic amines is 1. The normalized spacial score (nSPS) is 11.6. The second-order valence-corrected chi connectivity index (χ2v) is 4.81. The molecule has 1 aromatic heterocycles. The van der Waals surface area contributed by atoms with Gasteiger partial charge in [-0.25, -0.2) is 4.39 Å². The van der Waals surface area contributed by atoms with Crippen LogP contribution in [0.3, 0.4) is 0 Å². The number of methoxy groups -OCH3 is 1. The molecule has 0 saturated heterocycles. The molecule has 0 spiro atoms. The van der Waals surface area contributed by atoms with E-state index in [0.29, 0.717) is 0 Å². The van der Waals surface area contributed by atoms with Gasteiger partial charge in [-0.05, 0) is 19.9 Å². The molecule has 0 radical (unpaired) electrons. The van der Waals surface area contributed by atoms with Gasteiger partial charge in [0.1, 0.15) is 22.8 Å². The van der Waals surface area contributed by atoms with Crippen LogP contribution in [0, 0.1) is 5.82 Å². The molecule has 20 heavy (non-hydrogen) atoms. The number of nitrogens with one attached hydrogen (secondary N) is 1. The molecule has 1 aromatic carbocycles. The van der Waals surface area contributed by atoms with Crippen LogP contribution in [0.5, 0.6) is 5.88 Å². The topological polar surface area (TPSA) is 75.2 Å². The Kier molecular flexibility index (Phi) is 3.59. The van der Waals surface area contributed by atoms with Crippen molar-refractivity contribution >= 4 is 0 Å². The number of halogens is 1. The van der Waals surface area contributed by atoms with Crippen molar-refractivity contribution in [3.8, 4) is 17.0 Å². The molecule has 6 heteroatoms. The molecule has 0 aliphatic heterocycles. The van der Waals surface area contributed by atoms with E-state index in [9.17, 15) is 14.3 Å². The predicted molar refractivity (Wildman–Crippen MR) is 72.0 cm³/mol. The smallest absolute Gasteiger partial charge is 0.262 e. The Morgan fingerprint density at radius 1 is 1.35 bits per heavy atom. The third-order valence-corrected chi connectivity index (χ3v) is 3.12. The average Bonchev–Trinajstić information content (AvgIpc) is 2.40. The molecule has 2 aromatic rings. The molecule has 2 rings (SSSR count). The average molecular weight is 278 g/mol. The van der Waals surface area contributed by atoms with Crippen molar-refractivity contribution in [3.05, 3.63) is 46.3 Å². The van der Waals surface area contributed by atoms with Crippen molar-refractivity contribution in [3.63, 3.8) is 0 Å². The van der Waals surface area contributed by atoms with Crippen molar-refractivity contribution in [1.82, 2.24) is 9.97 Å². The van der Waals surface area contributed by atoms with Crippen LogP contribution in [-0.4, -0.2) is 22.2 Å². The van der Waals surface area contributed by atoms with E-state index in [4.69, 9.17) is 4.74 Å². The minimum atomic E-state index is -0.871. The van der Waals surface area contributed by atoms with E-state index in [1.807, 2.05) is 0 Å². The Hall–Kier alpha value is -2.21. The third kappa shape index (κ3) is 2.42. The molecule has 106 valence electrons. The standard InChI is InChI=1S/C14H15FN2O3/c1-14(2,20-3)13-16-11(18)10(12(19)17-13)8-6-4-5-7-9(8)15/h4-7H,1-3H3,(H2,16,17,18,19). The molecule has 1 heterocycles. The van der Waals surface area contributed by atoms with Crippen LogP contribution in [0.25, 0.3) is 11.1 Å². The van der Waals surface area contributed by atoms with Crippen LogP contribution < -0.4 is 5.56 Å². The summed E-state index contributed by atoms with van der Waals surface area (Å²) in [5.74, 6) is -0.963. The molecule has 2 N–H and O–H groups in total. The molecule has 0 aliphatic carbocycles. The number of hydrogen-bond donors (Lipinski definition) is 2. The maximum Gasteiger partial charge on any atom is 0.262 e. The predicted octanol–water partition coefficient (Wildman–Crippen LogP) is 2.16. The van der Waals surface area contributed by atoms with E-state index < -0.39 is 22.9 Å². The lowest BCUT2D eigenvalue weighted by Gasteiger charge is -2.21. The van der Waals surface area contributed by atoms with E-state index >= 15 is 0 Å². The SMILES string of the molecule is COC(C)(C)c1nc(O)c(-c2ccccc2F)c(=O)[nH]1. The number of aromatic nitrogens is 2. The number of benzene rings is 1. The molecule has 0 aliphatic rings. The Labute approximate surface area is 115 Å². The van der Waals surface area contributed by atoms with Gasteiger partial charge in [-0.15, -0.1) is 0 Å². The zero-order valence-electron chi connectivity index (χ0n) is 11.4. The van der Waals surface area contributed by atoms with Gasteiger partial charge in [-0.2, -0.15) is 4.98 Å². The van der Waals surface area contributed by atoms with Gasteiger partial charge in [0.2, 0.25) is 5.88 Å². The fourth-order valence-corrected chi connectivity index (χ4v) is 1.75. The fourth-order valence-electron chi connectivity index (χ4n) is 1.75. The zero-order chi connectivity index (χ0) is 14.9. The number of aromatic hydroxyl groups is 1. The van der Waals surface area contributed by atoms with Gasteiger partial charge in [0, 0.05) is 12.7 Å². The minimum absolute atomic E-state index is 0.000484. The van der Waals surface area contributed by atoms with Crippen LogP contribution in [0.1, 0.15) is 19.7 Å². The summed E-state index contributed by atoms with van der Waals surface area (Å²) >= 11 is 0. The monoisotopic (exact) mass is 278 g/mol. The van der Waals surface area contributed by atoms with Crippen molar-refractivity contribution in [2.75, 3.05) is 7.11 Å². The van der Waals surface area contributed by atoms with Gasteiger partial charge in [-0.1, -0.05) is 18.2 Å². The molecule has 0 bridgehead atoms. The summed E-state index contributed by atoms with van der Waals surface area (Å²) < 4.78 is 18.9. The molecule has 0 unspecified atom stereocenters. The van der Waals surface area contributed by atoms with E-state index in [2.05, 4.69) is 9.97 Å².